The van der Waals surface area contributed by atoms with E-state index in [1.807, 2.05) is 13.8 Å². The van der Waals surface area contributed by atoms with Crippen LogP contribution in [0.5, 0.6) is 0 Å². The molecule has 1 aliphatic heterocycles. The van der Waals surface area contributed by atoms with Crippen LogP contribution >= 0.6 is 0 Å². The minimum Gasteiger partial charge on any atom is -0.480 e. The summed E-state index contributed by atoms with van der Waals surface area (Å²) in [7, 11) is 1.16. The maximum Gasteiger partial charge on any atom is 0.326 e. The van der Waals surface area contributed by atoms with E-state index in [4.69, 9.17) is 9.84 Å². The maximum absolute atomic E-state index is 12.0. The number of rotatable bonds is 4. The average Bonchev–Trinajstić information content (AvgIpc) is 2.36. The highest BCUT2D eigenvalue weighted by molar-refractivity contribution is 5.86. The van der Waals surface area contributed by atoms with E-state index >= 15 is 0 Å². The van der Waals surface area contributed by atoms with Crippen molar-refractivity contribution >= 4 is 18.0 Å². The van der Waals surface area contributed by atoms with Crippen LogP contribution in [-0.2, 0) is 19.1 Å². The number of hydrogen-bond acceptors (Lipinski definition) is 5. The molecule has 0 spiro atoms. The largest absolute Gasteiger partial charge is 0.480 e. The summed E-state index contributed by atoms with van der Waals surface area (Å²) in [6.45, 7) is 4.42. The fourth-order valence-corrected chi connectivity index (χ4v) is 2.03. The molecule has 1 aliphatic rings. The Morgan fingerprint density at radius 3 is 2.35 bits per heavy atom. The molecule has 8 nitrogen and oxygen atoms in total. The monoisotopic (exact) mass is 288 g/mol. The fourth-order valence-electron chi connectivity index (χ4n) is 2.03. The highest BCUT2D eigenvalue weighted by Gasteiger charge is 2.30. The van der Waals surface area contributed by atoms with Crippen LogP contribution in [-0.4, -0.2) is 66.4 Å². The van der Waals surface area contributed by atoms with E-state index in [0.29, 0.717) is 13.1 Å². The second-order valence-electron chi connectivity index (χ2n) is 4.78. The molecule has 1 saturated heterocycles. The third kappa shape index (κ3) is 4.69. The molecule has 0 aliphatic carbocycles. The molecule has 8 heteroatoms. The summed E-state index contributed by atoms with van der Waals surface area (Å²) in [5.74, 6) is -1.97. The predicted octanol–water partition coefficient (Wildman–Crippen LogP) is -0.178. The first kappa shape index (κ1) is 16.2. The van der Waals surface area contributed by atoms with Crippen LogP contribution in [0.2, 0.25) is 0 Å². The SMILES string of the molecule is COC(=O)C[C@H](NC(=O)N1C[C@@H](C)O[C@@H](C)C1)C(=O)O. The molecule has 1 fully saturated rings. The Hall–Kier alpha value is -1.83. The standard InChI is InChI=1S/C12H20N2O6/c1-7-5-14(6-8(2)20-7)12(18)13-9(11(16)17)4-10(15)19-3/h7-9H,4-6H2,1-3H3,(H,13,18)(H,16,17)/t7-,8+,9-/m0/s1. The number of amides is 2. The number of carbonyl (C=O) groups is 3. The molecule has 0 aromatic heterocycles. The lowest BCUT2D eigenvalue weighted by molar-refractivity contribution is -0.147. The quantitative estimate of drug-likeness (QED) is 0.695. The predicted molar refractivity (Wildman–Crippen MR) is 68.2 cm³/mol. The van der Waals surface area contributed by atoms with Crippen LogP contribution in [0, 0.1) is 0 Å². The summed E-state index contributed by atoms with van der Waals surface area (Å²) in [6.07, 6.45) is -0.644. The maximum atomic E-state index is 12.0. The van der Waals surface area contributed by atoms with Gasteiger partial charge in [-0.05, 0) is 13.8 Å². The number of morpholine rings is 1. The Bertz CT molecular complexity index is 376. The smallest absolute Gasteiger partial charge is 0.326 e. The first-order valence-corrected chi connectivity index (χ1v) is 6.34. The van der Waals surface area contributed by atoms with Crippen LogP contribution in [0.3, 0.4) is 0 Å². The molecule has 0 bridgehead atoms. The van der Waals surface area contributed by atoms with Gasteiger partial charge >= 0.3 is 18.0 Å². The number of esters is 1. The molecule has 3 atom stereocenters. The Morgan fingerprint density at radius 2 is 1.90 bits per heavy atom. The molecule has 0 saturated carbocycles. The molecule has 0 unspecified atom stereocenters. The Labute approximate surface area is 117 Å². The Morgan fingerprint density at radius 1 is 1.35 bits per heavy atom. The first-order valence-electron chi connectivity index (χ1n) is 6.34. The van der Waals surface area contributed by atoms with E-state index in [1.165, 1.54) is 4.90 Å². The molecule has 2 amide bonds. The van der Waals surface area contributed by atoms with Gasteiger partial charge in [0, 0.05) is 13.1 Å². The molecule has 2 N–H and O–H groups in total. The van der Waals surface area contributed by atoms with Crippen molar-refractivity contribution in [3.63, 3.8) is 0 Å². The van der Waals surface area contributed by atoms with Crippen molar-refractivity contribution < 1.29 is 29.0 Å². The zero-order chi connectivity index (χ0) is 15.3. The van der Waals surface area contributed by atoms with Gasteiger partial charge < -0.3 is 24.8 Å². The van der Waals surface area contributed by atoms with Crippen molar-refractivity contribution in [2.75, 3.05) is 20.2 Å². The Kier molecular flexibility index (Phi) is 5.75. The van der Waals surface area contributed by atoms with Gasteiger partial charge in [0.25, 0.3) is 0 Å². The van der Waals surface area contributed by atoms with Gasteiger partial charge in [0.2, 0.25) is 0 Å². The molecule has 0 aromatic carbocycles. The number of methoxy groups -OCH3 is 1. The summed E-state index contributed by atoms with van der Waals surface area (Å²) in [5.41, 5.74) is 0. The lowest BCUT2D eigenvalue weighted by Gasteiger charge is -2.35. The number of carboxylic acids is 1. The summed E-state index contributed by atoms with van der Waals surface area (Å²) in [5, 5.41) is 11.3. The lowest BCUT2D eigenvalue weighted by Crippen LogP contribution is -2.55. The number of aliphatic carboxylic acids is 1. The minimum absolute atomic E-state index is 0.117. The minimum atomic E-state index is -1.30. The van der Waals surface area contributed by atoms with Crippen LogP contribution in [0.15, 0.2) is 0 Å². The van der Waals surface area contributed by atoms with E-state index in [9.17, 15) is 14.4 Å². The van der Waals surface area contributed by atoms with Crippen molar-refractivity contribution in [2.24, 2.45) is 0 Å². The number of urea groups is 1. The van der Waals surface area contributed by atoms with Gasteiger partial charge in [0.15, 0.2) is 0 Å². The second kappa shape index (κ2) is 7.09. The number of nitrogens with one attached hydrogen (secondary N) is 1. The topological polar surface area (TPSA) is 105 Å². The van der Waals surface area contributed by atoms with Crippen molar-refractivity contribution in [3.8, 4) is 0 Å². The molecule has 1 rings (SSSR count). The molecule has 0 aromatic rings. The van der Waals surface area contributed by atoms with Crippen LogP contribution < -0.4 is 5.32 Å². The zero-order valence-corrected chi connectivity index (χ0v) is 11.8. The van der Waals surface area contributed by atoms with E-state index < -0.39 is 30.4 Å². The van der Waals surface area contributed by atoms with E-state index in [0.717, 1.165) is 7.11 Å². The van der Waals surface area contributed by atoms with Crippen LogP contribution in [0.25, 0.3) is 0 Å². The van der Waals surface area contributed by atoms with E-state index in [2.05, 4.69) is 10.1 Å². The number of hydrogen-bond donors (Lipinski definition) is 2. The second-order valence-corrected chi connectivity index (χ2v) is 4.78. The highest BCUT2D eigenvalue weighted by atomic mass is 16.5. The van der Waals surface area contributed by atoms with Gasteiger partial charge in [-0.3, -0.25) is 4.79 Å². The molecule has 0 radical (unpaired) electrons. The lowest BCUT2D eigenvalue weighted by atomic mass is 10.2. The normalized spacial score (nSPS) is 23.9. The van der Waals surface area contributed by atoms with Gasteiger partial charge in [0.05, 0.1) is 25.7 Å². The van der Waals surface area contributed by atoms with Gasteiger partial charge in [-0.2, -0.15) is 0 Å². The fraction of sp³-hybridized carbons (Fsp3) is 0.750. The van der Waals surface area contributed by atoms with Crippen molar-refractivity contribution in [1.29, 1.82) is 0 Å². The number of carbonyl (C=O) groups excluding carboxylic acids is 2. The molecule has 20 heavy (non-hydrogen) atoms. The average molecular weight is 288 g/mol. The molecule has 1 heterocycles. The van der Waals surface area contributed by atoms with Crippen molar-refractivity contribution in [1.82, 2.24) is 10.2 Å². The number of ether oxygens (including phenoxy) is 2. The summed E-state index contributed by atoms with van der Waals surface area (Å²) in [4.78, 5) is 35.6. The number of nitrogens with zero attached hydrogens (tertiary/aromatic N) is 1. The summed E-state index contributed by atoms with van der Waals surface area (Å²) in [6, 6.07) is -1.83. The molecular weight excluding hydrogens is 268 g/mol. The van der Waals surface area contributed by atoms with Gasteiger partial charge in [-0.1, -0.05) is 0 Å². The highest BCUT2D eigenvalue weighted by Crippen LogP contribution is 2.11. The van der Waals surface area contributed by atoms with Crippen molar-refractivity contribution in [3.05, 3.63) is 0 Å². The Balaban J connectivity index is 2.61. The van der Waals surface area contributed by atoms with Gasteiger partial charge in [0.1, 0.15) is 6.04 Å². The van der Waals surface area contributed by atoms with Crippen molar-refractivity contribution in [2.45, 2.75) is 38.5 Å². The van der Waals surface area contributed by atoms with E-state index in [1.54, 1.807) is 0 Å². The number of carboxylic acid groups (broad SMARTS) is 1. The van der Waals surface area contributed by atoms with Crippen LogP contribution in [0.4, 0.5) is 4.79 Å². The van der Waals surface area contributed by atoms with Gasteiger partial charge in [-0.15, -0.1) is 0 Å². The summed E-state index contributed by atoms with van der Waals surface area (Å²) < 4.78 is 9.89. The first-order chi connectivity index (χ1) is 9.33. The third-order valence-corrected chi connectivity index (χ3v) is 2.90. The summed E-state index contributed by atoms with van der Waals surface area (Å²) >= 11 is 0. The van der Waals surface area contributed by atoms with Crippen LogP contribution in [0.1, 0.15) is 20.3 Å². The molecular formula is C12H20N2O6. The zero-order valence-electron chi connectivity index (χ0n) is 11.8. The third-order valence-electron chi connectivity index (χ3n) is 2.90. The van der Waals surface area contributed by atoms with E-state index in [-0.39, 0.29) is 12.2 Å². The van der Waals surface area contributed by atoms with Gasteiger partial charge in [-0.25, -0.2) is 9.59 Å². The molecule has 114 valence electrons.